The maximum absolute atomic E-state index is 14.7. The third-order valence-electron chi connectivity index (χ3n) is 11.7. The molecule has 1 aromatic heterocycles. The molecule has 5 atom stereocenters. The smallest absolute Gasteiger partial charge is 0.228 e. The highest BCUT2D eigenvalue weighted by molar-refractivity contribution is 6.30. The van der Waals surface area contributed by atoms with E-state index in [1.54, 1.807) is 56.3 Å². The van der Waals surface area contributed by atoms with Crippen LogP contribution < -0.4 is 16.4 Å². The lowest BCUT2D eigenvalue weighted by molar-refractivity contribution is -0.142. The van der Waals surface area contributed by atoms with E-state index in [-0.39, 0.29) is 54.1 Å². The number of phenols is 2. The number of halogens is 1. The van der Waals surface area contributed by atoms with Gasteiger partial charge in [0.15, 0.2) is 17.3 Å². The molecule has 7 N–H and O–H groups in total. The number of ketones is 3. The second-order valence-electron chi connectivity index (χ2n) is 16.5. The number of phenolic OH excluding ortho intramolecular Hbond substituents is 2. The van der Waals surface area contributed by atoms with Gasteiger partial charge in [-0.05, 0) is 84.5 Å². The molecule has 0 saturated heterocycles. The van der Waals surface area contributed by atoms with Crippen LogP contribution in [0.2, 0.25) is 5.02 Å². The summed E-state index contributed by atoms with van der Waals surface area (Å²) in [6.45, 7) is 3.52. The average Bonchev–Trinajstić information content (AvgIpc) is 3.79. The molecule has 64 heavy (non-hydrogen) atoms. The molecule has 6 rings (SSSR count). The standard InChI is InChI=1S/C49H53ClN6O8/c1-28(48(63)54-45-19-21-52-55-45)22-43(60)39-25-30-7-17-40(57)37(24-30)38-26-34(14-18-41(38)58)46(44(61)23-29(2)47(62)53-39)56(3)49(64)35(6-4-5-20-51)27-42(59)33-10-8-31(9-11-33)32-12-15-36(50)16-13-32/h7-19,21,24,26,28-29,35,39,46,57-58H,4-6,20,22-23,25,27,51H2,1-3H3,(H,53,62)(H2,52,54,55,63)/t28-,29-,35-,39+,46+/m1/s1. The molecule has 334 valence electrons. The van der Waals surface area contributed by atoms with Gasteiger partial charge in [-0.25, -0.2) is 0 Å². The van der Waals surface area contributed by atoms with Crippen molar-refractivity contribution < 1.29 is 39.0 Å². The number of H-pyrrole nitrogens is 1. The number of aromatic nitrogens is 2. The fourth-order valence-corrected chi connectivity index (χ4v) is 8.13. The second kappa shape index (κ2) is 21.2. The van der Waals surface area contributed by atoms with E-state index in [2.05, 4.69) is 20.8 Å². The van der Waals surface area contributed by atoms with E-state index in [0.717, 1.165) is 11.1 Å². The van der Waals surface area contributed by atoms with Gasteiger partial charge in [0.2, 0.25) is 17.7 Å². The Morgan fingerprint density at radius 1 is 0.875 bits per heavy atom. The Bertz CT molecular complexity index is 2490. The van der Waals surface area contributed by atoms with E-state index in [9.17, 15) is 39.0 Å². The van der Waals surface area contributed by atoms with Gasteiger partial charge in [0.25, 0.3) is 0 Å². The summed E-state index contributed by atoms with van der Waals surface area (Å²) in [7, 11) is 1.48. The van der Waals surface area contributed by atoms with Gasteiger partial charge < -0.3 is 31.5 Å². The zero-order chi connectivity index (χ0) is 46.1. The molecular formula is C49H53ClN6O8. The predicted molar refractivity (Wildman–Crippen MR) is 243 cm³/mol. The zero-order valence-electron chi connectivity index (χ0n) is 36.0. The van der Waals surface area contributed by atoms with Gasteiger partial charge in [-0.1, -0.05) is 80.4 Å². The molecule has 0 radical (unpaired) electrons. The largest absolute Gasteiger partial charge is 0.507 e. The number of aromatic hydroxyl groups is 2. The maximum atomic E-state index is 14.7. The minimum absolute atomic E-state index is 0.0233. The van der Waals surface area contributed by atoms with Gasteiger partial charge in [-0.2, -0.15) is 5.10 Å². The number of rotatable bonds is 15. The van der Waals surface area contributed by atoms with E-state index >= 15 is 0 Å². The summed E-state index contributed by atoms with van der Waals surface area (Å²) in [5, 5.41) is 34.9. The summed E-state index contributed by atoms with van der Waals surface area (Å²) in [4.78, 5) is 85.1. The van der Waals surface area contributed by atoms with Crippen LogP contribution in [-0.2, 0) is 30.4 Å². The second-order valence-corrected chi connectivity index (χ2v) is 17.0. The van der Waals surface area contributed by atoms with E-state index in [0.29, 0.717) is 53.3 Å². The van der Waals surface area contributed by atoms with E-state index in [1.807, 2.05) is 24.3 Å². The highest BCUT2D eigenvalue weighted by Crippen LogP contribution is 2.40. The zero-order valence-corrected chi connectivity index (χ0v) is 36.7. The first-order valence-electron chi connectivity index (χ1n) is 21.3. The van der Waals surface area contributed by atoms with Crippen LogP contribution in [-0.4, -0.2) is 80.0 Å². The van der Waals surface area contributed by atoms with Crippen molar-refractivity contribution in [2.24, 2.45) is 23.5 Å². The van der Waals surface area contributed by atoms with Gasteiger partial charge in [0.05, 0.1) is 12.2 Å². The van der Waals surface area contributed by atoms with E-state index < -0.39 is 59.1 Å². The van der Waals surface area contributed by atoms with Crippen molar-refractivity contribution in [1.29, 1.82) is 0 Å². The lowest BCUT2D eigenvalue weighted by atomic mass is 9.87. The van der Waals surface area contributed by atoms with Crippen LogP contribution in [0.3, 0.4) is 0 Å². The molecular weight excluding hydrogens is 836 g/mol. The summed E-state index contributed by atoms with van der Waals surface area (Å²) in [6.07, 6.45) is 2.20. The average molecular weight is 889 g/mol. The molecule has 3 amide bonds. The molecule has 1 aliphatic heterocycles. The number of amides is 3. The van der Waals surface area contributed by atoms with Crippen LogP contribution in [0.25, 0.3) is 22.3 Å². The van der Waals surface area contributed by atoms with Gasteiger partial charge >= 0.3 is 0 Å². The first-order chi connectivity index (χ1) is 30.6. The Hall–Kier alpha value is -6.64. The molecule has 0 fully saturated rings. The van der Waals surface area contributed by atoms with Gasteiger partial charge in [-0.3, -0.25) is 33.9 Å². The number of nitrogens with one attached hydrogen (secondary N) is 3. The molecule has 14 nitrogen and oxygen atoms in total. The van der Waals surface area contributed by atoms with Crippen LogP contribution in [0.4, 0.5) is 5.82 Å². The molecule has 0 aliphatic carbocycles. The number of unbranched alkanes of at least 4 members (excludes halogenated alkanes) is 1. The monoisotopic (exact) mass is 888 g/mol. The fourth-order valence-electron chi connectivity index (χ4n) is 8.01. The Morgan fingerprint density at radius 2 is 1.53 bits per heavy atom. The van der Waals surface area contributed by atoms with Crippen molar-refractivity contribution in [2.45, 2.75) is 70.9 Å². The number of nitrogens with zero attached hydrogens (tertiary/aromatic N) is 2. The number of benzene rings is 4. The van der Waals surface area contributed by atoms with Crippen LogP contribution in [0, 0.1) is 17.8 Å². The Morgan fingerprint density at radius 3 is 2.19 bits per heavy atom. The number of anilines is 1. The summed E-state index contributed by atoms with van der Waals surface area (Å²) in [5.41, 5.74) is 9.22. The van der Waals surface area contributed by atoms with Gasteiger partial charge in [-0.15, -0.1) is 0 Å². The van der Waals surface area contributed by atoms with Crippen molar-refractivity contribution in [3.05, 3.63) is 119 Å². The molecule has 4 bridgehead atoms. The quantitative estimate of drug-likeness (QED) is 0.0458. The van der Waals surface area contributed by atoms with Crippen molar-refractivity contribution in [3.8, 4) is 33.8 Å². The lowest BCUT2D eigenvalue weighted by Crippen LogP contribution is -2.46. The Balaban J connectivity index is 1.30. The number of carbonyl (C=O) groups is 6. The summed E-state index contributed by atoms with van der Waals surface area (Å²) in [5.74, 6) is -5.40. The summed E-state index contributed by atoms with van der Waals surface area (Å²) in [6, 6.07) is 22.5. The number of hydrogen-bond acceptors (Lipinski definition) is 10. The molecule has 0 saturated carbocycles. The number of fused-ring (bicyclic) bond motifs is 5. The number of likely N-dealkylation sites (N-methyl/N-ethyl adjacent to an activating group) is 1. The van der Waals surface area contributed by atoms with E-state index in [4.69, 9.17) is 17.3 Å². The van der Waals surface area contributed by atoms with Crippen molar-refractivity contribution in [1.82, 2.24) is 20.4 Å². The number of aromatic amines is 1. The van der Waals surface area contributed by atoms with Crippen LogP contribution in [0.1, 0.15) is 79.9 Å². The topological polar surface area (TPSA) is 225 Å². The minimum Gasteiger partial charge on any atom is -0.507 e. The third-order valence-corrected chi connectivity index (χ3v) is 12.0. The molecule has 0 unspecified atom stereocenters. The third kappa shape index (κ3) is 11.5. The highest BCUT2D eigenvalue weighted by Gasteiger charge is 2.36. The summed E-state index contributed by atoms with van der Waals surface area (Å²) >= 11 is 6.06. The first-order valence-corrected chi connectivity index (χ1v) is 21.7. The first kappa shape index (κ1) is 46.9. The normalized spacial score (nSPS) is 17.4. The van der Waals surface area contributed by atoms with Crippen LogP contribution in [0.15, 0.2) is 97.2 Å². The van der Waals surface area contributed by atoms with Crippen molar-refractivity contribution >= 4 is 52.5 Å². The van der Waals surface area contributed by atoms with Crippen LogP contribution in [0.5, 0.6) is 11.5 Å². The number of hydrogen-bond donors (Lipinski definition) is 6. The summed E-state index contributed by atoms with van der Waals surface area (Å²) < 4.78 is 0. The van der Waals surface area contributed by atoms with Crippen LogP contribution >= 0.6 is 11.6 Å². The number of nitrogens with two attached hydrogens (primary N) is 1. The molecule has 0 spiro atoms. The molecule has 5 aromatic rings. The SMILES string of the molecule is C[C@H](CC(=O)[C@@H]1Cc2ccc(O)c(c2)-c2cc(ccc2O)[C@H](N(C)C(=O)[C@H](CCCCN)CC(=O)c2ccc(-c3ccc(Cl)cc3)cc2)C(=O)C[C@@H](C)C(=O)N1)C(=O)Nc1ccn[nH]1. The molecule has 2 heterocycles. The lowest BCUT2D eigenvalue weighted by Gasteiger charge is -2.32. The number of carbonyl (C=O) groups excluding carboxylic acids is 6. The fraction of sp³-hybridized carbons (Fsp3) is 0.327. The van der Waals surface area contributed by atoms with Gasteiger partial charge in [0, 0.05) is 71.8 Å². The highest BCUT2D eigenvalue weighted by atomic mass is 35.5. The molecule has 1 aliphatic rings. The van der Waals surface area contributed by atoms with Gasteiger partial charge in [0.1, 0.15) is 23.4 Å². The Kier molecular flexibility index (Phi) is 15.5. The van der Waals surface area contributed by atoms with Crippen molar-refractivity contribution in [2.75, 3.05) is 18.9 Å². The van der Waals surface area contributed by atoms with E-state index in [1.165, 1.54) is 42.4 Å². The minimum atomic E-state index is -1.28. The number of Topliss-reactive ketones (excluding diaryl/α,β-unsaturated/α-hetero) is 3. The molecule has 4 aromatic carbocycles. The maximum Gasteiger partial charge on any atom is 0.228 e. The predicted octanol–water partition coefficient (Wildman–Crippen LogP) is 7.20. The Labute approximate surface area is 376 Å². The molecule has 15 heteroatoms. The van der Waals surface area contributed by atoms with Crippen molar-refractivity contribution in [3.63, 3.8) is 0 Å².